The first kappa shape index (κ1) is 56.0. The highest BCUT2D eigenvalue weighted by atomic mass is 35.5. The van der Waals surface area contributed by atoms with Crippen molar-refractivity contribution in [2.75, 3.05) is 26.4 Å². The van der Waals surface area contributed by atoms with E-state index in [1.54, 1.807) is 12.1 Å². The number of hydrogen-bond acceptors (Lipinski definition) is 8. The first-order valence-corrected chi connectivity index (χ1v) is 33.9. The summed E-state index contributed by atoms with van der Waals surface area (Å²) in [4.78, 5) is 23.9. The molecule has 0 aromatic heterocycles. The third-order valence-corrected chi connectivity index (χ3v) is 27.0. The summed E-state index contributed by atoms with van der Waals surface area (Å²) in [6, 6.07) is 35.2. The van der Waals surface area contributed by atoms with Crippen molar-refractivity contribution in [2.24, 2.45) is 35.5 Å². The SMILES string of the molecule is CC(C)(C)[Si](C)(C)Oc1cccc(C(=O)OCCOc2ccccc2)c1.CC(C)(C)[Si](C)(C)Oc1cccc(C(OCCOc2ccccc2)=C2C3CC4CC2CC(Cl)(C4)C3)c1.O=C1C2CC3CC1CC(Cl)(C3)C2. The molecule has 8 aliphatic carbocycles. The van der Waals surface area contributed by atoms with E-state index < -0.39 is 16.6 Å². The molecule has 0 N–H and O–H groups in total. The second-order valence-electron chi connectivity index (χ2n) is 25.3. The maximum atomic E-state index is 12.2. The number of rotatable bonds is 15. The molecule has 8 aliphatic rings. The van der Waals surface area contributed by atoms with Gasteiger partial charge in [-0.25, -0.2) is 4.79 Å². The number of ether oxygens (including phenoxy) is 4. The number of esters is 1. The van der Waals surface area contributed by atoms with Gasteiger partial charge in [0.15, 0.2) is 0 Å². The predicted molar refractivity (Wildman–Crippen MR) is 305 cm³/mol. The van der Waals surface area contributed by atoms with Crippen molar-refractivity contribution < 1.29 is 37.4 Å². The Bertz CT molecular complexity index is 2550. The van der Waals surface area contributed by atoms with Gasteiger partial charge in [0.05, 0.1) is 5.56 Å². The van der Waals surface area contributed by atoms with Crippen LogP contribution in [0.4, 0.5) is 0 Å². The second kappa shape index (κ2) is 22.8. The van der Waals surface area contributed by atoms with E-state index >= 15 is 0 Å². The highest BCUT2D eigenvalue weighted by Gasteiger charge is 2.55. The minimum atomic E-state index is -1.94. The molecule has 74 heavy (non-hydrogen) atoms. The Morgan fingerprint density at radius 3 is 1.35 bits per heavy atom. The third-order valence-electron chi connectivity index (χ3n) is 17.4. The maximum Gasteiger partial charge on any atom is 0.338 e. The van der Waals surface area contributed by atoms with Crippen LogP contribution in [0, 0.1) is 35.5 Å². The molecule has 8 fully saturated rings. The molecule has 4 unspecified atom stereocenters. The van der Waals surface area contributed by atoms with Crippen LogP contribution in [0.15, 0.2) is 115 Å². The molecule has 0 radical (unpaired) electrons. The Kier molecular flexibility index (Phi) is 17.2. The molecule has 0 amide bonds. The zero-order valence-electron chi connectivity index (χ0n) is 45.8. The lowest BCUT2D eigenvalue weighted by molar-refractivity contribution is -0.138. The van der Waals surface area contributed by atoms with E-state index in [9.17, 15) is 9.59 Å². The molecule has 12 rings (SSSR count). The van der Waals surface area contributed by atoms with Crippen molar-refractivity contribution in [3.8, 4) is 23.0 Å². The number of Topliss-reactive ketones (excluding diaryl/α,β-unsaturated/α-hetero) is 1. The lowest BCUT2D eigenvalue weighted by atomic mass is 9.53. The van der Waals surface area contributed by atoms with Crippen LogP contribution < -0.4 is 18.3 Å². The van der Waals surface area contributed by atoms with Crippen LogP contribution in [-0.2, 0) is 14.3 Å². The minimum absolute atomic E-state index is 0.00514. The van der Waals surface area contributed by atoms with Gasteiger partial charge in [0, 0.05) is 27.1 Å². The van der Waals surface area contributed by atoms with E-state index in [-0.39, 0.29) is 32.4 Å². The number of hydrogen-bond donors (Lipinski definition) is 0. The van der Waals surface area contributed by atoms with Gasteiger partial charge >= 0.3 is 5.97 Å². The van der Waals surface area contributed by atoms with Gasteiger partial charge in [-0.2, -0.15) is 0 Å². The molecule has 8 bridgehead atoms. The summed E-state index contributed by atoms with van der Waals surface area (Å²) in [6.45, 7) is 23.9. The number of para-hydroxylation sites is 2. The smallest absolute Gasteiger partial charge is 0.338 e. The zero-order valence-corrected chi connectivity index (χ0v) is 49.3. The van der Waals surface area contributed by atoms with Crippen molar-refractivity contribution in [3.05, 3.63) is 126 Å². The fourth-order valence-electron chi connectivity index (χ4n) is 12.0. The van der Waals surface area contributed by atoms with Gasteiger partial charge in [0.2, 0.25) is 16.6 Å². The monoisotopic (exact) mass is 1080 g/mol. The van der Waals surface area contributed by atoms with Crippen molar-refractivity contribution in [1.29, 1.82) is 0 Å². The summed E-state index contributed by atoms with van der Waals surface area (Å²) in [5.74, 6) is 7.75. The Balaban J connectivity index is 0.000000166. The molecule has 4 aromatic carbocycles. The summed E-state index contributed by atoms with van der Waals surface area (Å²) in [7, 11) is -3.89. The Morgan fingerprint density at radius 2 is 0.905 bits per heavy atom. The van der Waals surface area contributed by atoms with E-state index in [0.29, 0.717) is 60.6 Å². The third kappa shape index (κ3) is 13.8. The van der Waals surface area contributed by atoms with Crippen LogP contribution in [0.1, 0.15) is 122 Å². The summed E-state index contributed by atoms with van der Waals surface area (Å²) in [5, 5.41) is 0.240. The summed E-state index contributed by atoms with van der Waals surface area (Å²) in [5.41, 5.74) is 3.10. The van der Waals surface area contributed by atoms with Crippen LogP contribution in [-0.4, -0.2) is 64.6 Å². The van der Waals surface area contributed by atoms with E-state index in [1.807, 2.05) is 72.8 Å². The quantitative estimate of drug-likeness (QED) is 0.0382. The average Bonchev–Trinajstić information content (AvgIpc) is 3.32. The van der Waals surface area contributed by atoms with Gasteiger partial charge in [-0.05, 0) is 184 Å². The number of allylic oxidation sites excluding steroid dienone is 1. The Labute approximate surface area is 454 Å². The molecule has 0 spiro atoms. The summed E-state index contributed by atoms with van der Waals surface area (Å²) in [6.07, 6.45) is 11.2. The molecule has 0 saturated heterocycles. The molecule has 4 aromatic rings. The molecule has 400 valence electrons. The topological polar surface area (TPSA) is 89.5 Å². The number of ketones is 1. The summed E-state index contributed by atoms with van der Waals surface area (Å²) >= 11 is 13.5. The largest absolute Gasteiger partial charge is 0.543 e. The fraction of sp³-hybridized carbons (Fsp3) is 0.548. The highest BCUT2D eigenvalue weighted by molar-refractivity contribution is 6.75. The minimum Gasteiger partial charge on any atom is -0.543 e. The lowest BCUT2D eigenvalue weighted by Gasteiger charge is -2.55. The van der Waals surface area contributed by atoms with E-state index in [0.717, 1.165) is 78.9 Å². The second-order valence-corrected chi connectivity index (χ2v) is 36.3. The van der Waals surface area contributed by atoms with Crippen LogP contribution in [0.5, 0.6) is 23.0 Å². The molecular formula is C62H82Cl2O8Si2. The molecule has 0 aliphatic heterocycles. The fourth-order valence-corrected chi connectivity index (χ4v) is 15.3. The first-order valence-electron chi connectivity index (χ1n) is 27.3. The first-order chi connectivity index (χ1) is 34.9. The number of carbonyl (C=O) groups excluding carboxylic acids is 2. The van der Waals surface area contributed by atoms with Crippen molar-refractivity contribution >= 4 is 57.3 Å². The molecule has 8 nitrogen and oxygen atoms in total. The molecule has 12 heteroatoms. The maximum absolute atomic E-state index is 12.2. The van der Waals surface area contributed by atoms with E-state index in [2.05, 4.69) is 92.0 Å². The number of halogens is 2. The highest BCUT2D eigenvalue weighted by Crippen LogP contribution is 2.62. The van der Waals surface area contributed by atoms with Crippen LogP contribution in [0.25, 0.3) is 5.76 Å². The molecular weight excluding hydrogens is 1000 g/mol. The van der Waals surface area contributed by atoms with Gasteiger partial charge in [-0.1, -0.05) is 96.1 Å². The van der Waals surface area contributed by atoms with Crippen molar-refractivity contribution in [1.82, 2.24) is 0 Å². The van der Waals surface area contributed by atoms with Gasteiger partial charge in [0.1, 0.15) is 61.0 Å². The van der Waals surface area contributed by atoms with Crippen LogP contribution in [0.3, 0.4) is 0 Å². The average molecular weight is 1080 g/mol. The predicted octanol–water partition coefficient (Wildman–Crippen LogP) is 16.4. The van der Waals surface area contributed by atoms with E-state index in [1.165, 1.54) is 31.3 Å². The van der Waals surface area contributed by atoms with Crippen molar-refractivity contribution in [3.63, 3.8) is 0 Å². The standard InChI is InChI=1S/C31H41ClO3Si.C21H28O4Si.C10H13ClO/c1-30(2,3)36(4,5)35-27-13-9-10-23(18-27)29(34-15-14-33-26-11-7-6-8-12-26)28-24-16-22-17-25(28)21-31(32,19-22)20-24;1-21(2,3)26(4,5)25-19-13-9-10-17(16-19)20(22)24-15-14-23-18-11-7-6-8-12-18;11-10-3-6-1-7(4-10)9(12)8(2-6)5-10/h6-13,18,22,24-25H,14-17,19-21H2,1-5H3;6-13,16H,14-15H2,1-5H3;6-8H,1-5H2. The van der Waals surface area contributed by atoms with Gasteiger partial charge in [-0.3, -0.25) is 4.79 Å². The zero-order chi connectivity index (χ0) is 53.1. The lowest BCUT2D eigenvalue weighted by Crippen LogP contribution is -2.52. The van der Waals surface area contributed by atoms with Gasteiger partial charge in [0.25, 0.3) is 0 Å². The van der Waals surface area contributed by atoms with Crippen LogP contribution >= 0.6 is 23.2 Å². The number of benzene rings is 4. The van der Waals surface area contributed by atoms with Gasteiger partial charge < -0.3 is 27.8 Å². The number of carbonyl (C=O) groups is 2. The van der Waals surface area contributed by atoms with Gasteiger partial charge in [-0.15, -0.1) is 23.2 Å². The Hall–Kier alpha value is -4.23. The Morgan fingerprint density at radius 1 is 0.514 bits per heavy atom. The van der Waals surface area contributed by atoms with E-state index in [4.69, 9.17) is 51.0 Å². The number of alkyl halides is 2. The molecule has 4 atom stereocenters. The van der Waals surface area contributed by atoms with Crippen LogP contribution in [0.2, 0.25) is 36.3 Å². The molecule has 0 heterocycles. The normalized spacial score (nSPS) is 26.5. The molecule has 8 saturated carbocycles. The van der Waals surface area contributed by atoms with Crippen molar-refractivity contribution in [2.45, 2.75) is 152 Å². The summed E-state index contributed by atoms with van der Waals surface area (Å²) < 4.78 is 36.3.